The smallest absolute Gasteiger partial charge is 0.245 e. The van der Waals surface area contributed by atoms with Gasteiger partial charge in [0.2, 0.25) is 11.8 Å². The van der Waals surface area contributed by atoms with Crippen molar-refractivity contribution < 1.29 is 14.3 Å². The van der Waals surface area contributed by atoms with Crippen LogP contribution in [0.25, 0.3) is 0 Å². The molecule has 1 N–H and O–H groups in total. The van der Waals surface area contributed by atoms with E-state index in [-0.39, 0.29) is 30.0 Å². The first-order chi connectivity index (χ1) is 9.69. The first-order valence-corrected chi connectivity index (χ1v) is 7.81. The fourth-order valence-electron chi connectivity index (χ4n) is 3.55. The quantitative estimate of drug-likeness (QED) is 0.841. The highest BCUT2D eigenvalue weighted by Gasteiger charge is 2.43. The van der Waals surface area contributed by atoms with Crippen LogP contribution in [-0.4, -0.2) is 48.6 Å². The molecular weight excluding hydrogens is 256 g/mol. The summed E-state index contributed by atoms with van der Waals surface area (Å²) in [7, 11) is 1.75. The van der Waals surface area contributed by atoms with Crippen molar-refractivity contribution in [2.45, 2.75) is 63.1 Å². The highest BCUT2D eigenvalue weighted by Crippen LogP contribution is 2.35. The minimum absolute atomic E-state index is 0.0249. The molecule has 3 unspecified atom stereocenters. The molecule has 5 nitrogen and oxygen atoms in total. The third-order valence-electron chi connectivity index (χ3n) is 4.91. The summed E-state index contributed by atoms with van der Waals surface area (Å²) < 4.78 is 5.47. The predicted molar refractivity (Wildman–Crippen MR) is 74.0 cm³/mol. The monoisotopic (exact) mass is 280 g/mol. The Bertz CT molecular complexity index is 395. The Morgan fingerprint density at radius 3 is 2.70 bits per heavy atom. The molecule has 0 aromatic carbocycles. The lowest BCUT2D eigenvalue weighted by Crippen LogP contribution is -2.51. The molecular formula is C15H24N2O3. The Labute approximate surface area is 120 Å². The molecule has 1 saturated heterocycles. The van der Waals surface area contributed by atoms with Gasteiger partial charge in [0.25, 0.3) is 0 Å². The van der Waals surface area contributed by atoms with Crippen LogP contribution >= 0.6 is 0 Å². The van der Waals surface area contributed by atoms with Crippen molar-refractivity contribution in [3.05, 3.63) is 0 Å². The lowest BCUT2D eigenvalue weighted by atomic mass is 9.91. The zero-order valence-corrected chi connectivity index (χ0v) is 12.1. The first-order valence-electron chi connectivity index (χ1n) is 7.81. The average molecular weight is 280 g/mol. The largest absolute Gasteiger partial charge is 0.381 e. The van der Waals surface area contributed by atoms with Crippen LogP contribution in [0.15, 0.2) is 0 Å². The summed E-state index contributed by atoms with van der Waals surface area (Å²) >= 11 is 0. The SMILES string of the molecule is COC1CCCC(N2CCC(=O)NC(C3CC3)C2=O)C1. The van der Waals surface area contributed by atoms with Crippen LogP contribution in [0.1, 0.15) is 44.9 Å². The number of ether oxygens (including phenoxy) is 1. The van der Waals surface area contributed by atoms with Crippen molar-refractivity contribution in [1.82, 2.24) is 10.2 Å². The fourth-order valence-corrected chi connectivity index (χ4v) is 3.55. The summed E-state index contributed by atoms with van der Waals surface area (Å²) in [5.41, 5.74) is 0. The molecule has 3 aliphatic rings. The molecule has 20 heavy (non-hydrogen) atoms. The number of carbonyl (C=O) groups is 2. The molecule has 1 aliphatic heterocycles. The minimum Gasteiger partial charge on any atom is -0.381 e. The van der Waals surface area contributed by atoms with E-state index in [0.717, 1.165) is 38.5 Å². The van der Waals surface area contributed by atoms with Gasteiger partial charge in [-0.05, 0) is 44.4 Å². The van der Waals surface area contributed by atoms with E-state index in [1.165, 1.54) is 0 Å². The summed E-state index contributed by atoms with van der Waals surface area (Å²) in [6.45, 7) is 0.564. The second-order valence-corrected chi connectivity index (χ2v) is 6.34. The van der Waals surface area contributed by atoms with Gasteiger partial charge in [0, 0.05) is 26.1 Å². The van der Waals surface area contributed by atoms with E-state index in [4.69, 9.17) is 4.74 Å². The number of carbonyl (C=O) groups excluding carboxylic acids is 2. The highest BCUT2D eigenvalue weighted by atomic mass is 16.5. The molecule has 0 radical (unpaired) electrons. The van der Waals surface area contributed by atoms with Crippen molar-refractivity contribution in [3.63, 3.8) is 0 Å². The van der Waals surface area contributed by atoms with E-state index in [9.17, 15) is 9.59 Å². The summed E-state index contributed by atoms with van der Waals surface area (Å²) in [4.78, 5) is 26.5. The fraction of sp³-hybridized carbons (Fsp3) is 0.867. The maximum absolute atomic E-state index is 12.7. The zero-order chi connectivity index (χ0) is 14.1. The van der Waals surface area contributed by atoms with Gasteiger partial charge < -0.3 is 15.0 Å². The van der Waals surface area contributed by atoms with Gasteiger partial charge in [-0.25, -0.2) is 0 Å². The van der Waals surface area contributed by atoms with E-state index >= 15 is 0 Å². The molecule has 0 spiro atoms. The van der Waals surface area contributed by atoms with Gasteiger partial charge in [-0.1, -0.05) is 0 Å². The third kappa shape index (κ3) is 2.82. The molecule has 1 heterocycles. The van der Waals surface area contributed by atoms with Gasteiger partial charge >= 0.3 is 0 Å². The number of nitrogens with zero attached hydrogens (tertiary/aromatic N) is 1. The number of amides is 2. The van der Waals surface area contributed by atoms with Crippen LogP contribution in [0, 0.1) is 5.92 Å². The van der Waals surface area contributed by atoms with E-state index in [2.05, 4.69) is 5.32 Å². The van der Waals surface area contributed by atoms with Crippen molar-refractivity contribution >= 4 is 11.8 Å². The molecule has 3 fully saturated rings. The van der Waals surface area contributed by atoms with E-state index in [1.807, 2.05) is 4.90 Å². The zero-order valence-electron chi connectivity index (χ0n) is 12.1. The van der Waals surface area contributed by atoms with Gasteiger partial charge in [0.15, 0.2) is 0 Å². The summed E-state index contributed by atoms with van der Waals surface area (Å²) in [5, 5.41) is 2.92. The number of nitrogens with one attached hydrogen (secondary N) is 1. The number of methoxy groups -OCH3 is 1. The normalized spacial score (nSPS) is 35.6. The molecule has 2 saturated carbocycles. The second kappa shape index (κ2) is 5.72. The van der Waals surface area contributed by atoms with Crippen molar-refractivity contribution in [2.75, 3.05) is 13.7 Å². The van der Waals surface area contributed by atoms with E-state index in [0.29, 0.717) is 18.9 Å². The first kappa shape index (κ1) is 13.9. The molecule has 0 aromatic rings. The standard InChI is InChI=1S/C15H24N2O3/c1-20-12-4-2-3-11(9-12)17-8-7-13(18)16-14(15(17)19)10-5-6-10/h10-12,14H,2-9H2,1H3,(H,16,18). The summed E-state index contributed by atoms with van der Waals surface area (Å²) in [6.07, 6.45) is 6.95. The van der Waals surface area contributed by atoms with Crippen LogP contribution in [0.4, 0.5) is 0 Å². The molecule has 3 rings (SSSR count). The van der Waals surface area contributed by atoms with Crippen LogP contribution in [-0.2, 0) is 14.3 Å². The van der Waals surface area contributed by atoms with Crippen molar-refractivity contribution in [1.29, 1.82) is 0 Å². The van der Waals surface area contributed by atoms with Gasteiger partial charge in [-0.3, -0.25) is 9.59 Å². The Hall–Kier alpha value is -1.10. The molecule has 3 atom stereocenters. The van der Waals surface area contributed by atoms with Crippen molar-refractivity contribution in [2.24, 2.45) is 5.92 Å². The molecule has 112 valence electrons. The number of hydrogen-bond acceptors (Lipinski definition) is 3. The maximum atomic E-state index is 12.7. The Morgan fingerprint density at radius 2 is 2.00 bits per heavy atom. The van der Waals surface area contributed by atoms with Gasteiger partial charge in [0.05, 0.1) is 6.10 Å². The summed E-state index contributed by atoms with van der Waals surface area (Å²) in [5.74, 6) is 0.533. The van der Waals surface area contributed by atoms with Crippen LogP contribution in [0.3, 0.4) is 0 Å². The van der Waals surface area contributed by atoms with Crippen LogP contribution < -0.4 is 5.32 Å². The molecule has 5 heteroatoms. The minimum atomic E-state index is -0.270. The van der Waals surface area contributed by atoms with Gasteiger partial charge in [-0.2, -0.15) is 0 Å². The molecule has 2 aliphatic carbocycles. The Kier molecular flexibility index (Phi) is 3.96. The maximum Gasteiger partial charge on any atom is 0.245 e. The Balaban J connectivity index is 1.72. The lowest BCUT2D eigenvalue weighted by molar-refractivity contribution is -0.137. The lowest BCUT2D eigenvalue weighted by Gasteiger charge is -2.37. The number of rotatable bonds is 3. The van der Waals surface area contributed by atoms with E-state index in [1.54, 1.807) is 7.11 Å². The van der Waals surface area contributed by atoms with Gasteiger partial charge in [0.1, 0.15) is 6.04 Å². The Morgan fingerprint density at radius 1 is 1.20 bits per heavy atom. The van der Waals surface area contributed by atoms with Gasteiger partial charge in [-0.15, -0.1) is 0 Å². The molecule has 0 bridgehead atoms. The summed E-state index contributed by atoms with van der Waals surface area (Å²) in [6, 6.07) is -0.0249. The van der Waals surface area contributed by atoms with Crippen LogP contribution in [0.2, 0.25) is 0 Å². The van der Waals surface area contributed by atoms with E-state index < -0.39 is 0 Å². The third-order valence-corrected chi connectivity index (χ3v) is 4.91. The van der Waals surface area contributed by atoms with Crippen molar-refractivity contribution in [3.8, 4) is 0 Å². The second-order valence-electron chi connectivity index (χ2n) is 6.34. The predicted octanol–water partition coefficient (Wildman–Crippen LogP) is 1.07. The number of hydrogen-bond donors (Lipinski definition) is 1. The molecule has 0 aromatic heterocycles. The average Bonchev–Trinajstić information content (AvgIpc) is 3.29. The molecule has 2 amide bonds. The topological polar surface area (TPSA) is 58.6 Å². The van der Waals surface area contributed by atoms with Crippen LogP contribution in [0.5, 0.6) is 0 Å². The highest BCUT2D eigenvalue weighted by molar-refractivity contribution is 5.90.